The average Bonchev–Trinajstić information content (AvgIpc) is 2.70. The van der Waals surface area contributed by atoms with Gasteiger partial charge >= 0.3 is 0 Å². The number of amides is 1. The predicted molar refractivity (Wildman–Crippen MR) is 117 cm³/mol. The third-order valence-corrected chi connectivity index (χ3v) is 4.74. The van der Waals surface area contributed by atoms with Crippen LogP contribution in [-0.2, 0) is 4.79 Å². The monoisotopic (exact) mass is 382 g/mol. The SMILES string of the molecule is CCN(CC)c1ccc(NC(=O)/C(C)=C/c2ccc(OC)c(OC)c2)c(C)c1. The number of benzene rings is 2. The molecule has 0 spiro atoms. The summed E-state index contributed by atoms with van der Waals surface area (Å²) in [6.45, 7) is 9.99. The van der Waals surface area contributed by atoms with Gasteiger partial charge in [-0.25, -0.2) is 0 Å². The van der Waals surface area contributed by atoms with E-state index in [1.54, 1.807) is 21.1 Å². The second-order valence-corrected chi connectivity index (χ2v) is 6.57. The summed E-state index contributed by atoms with van der Waals surface area (Å²) in [4.78, 5) is 14.9. The lowest BCUT2D eigenvalue weighted by atomic mass is 10.1. The second-order valence-electron chi connectivity index (χ2n) is 6.57. The zero-order valence-corrected chi connectivity index (χ0v) is 17.6. The summed E-state index contributed by atoms with van der Waals surface area (Å²) in [6.07, 6.45) is 1.83. The van der Waals surface area contributed by atoms with Gasteiger partial charge in [-0.3, -0.25) is 4.79 Å². The lowest BCUT2D eigenvalue weighted by Crippen LogP contribution is -2.22. The highest BCUT2D eigenvalue weighted by molar-refractivity contribution is 6.06. The van der Waals surface area contributed by atoms with E-state index in [0.29, 0.717) is 17.1 Å². The van der Waals surface area contributed by atoms with Gasteiger partial charge in [-0.2, -0.15) is 0 Å². The van der Waals surface area contributed by atoms with Crippen LogP contribution in [0.1, 0.15) is 31.9 Å². The summed E-state index contributed by atoms with van der Waals surface area (Å²) >= 11 is 0. The van der Waals surface area contributed by atoms with Crippen LogP contribution >= 0.6 is 0 Å². The van der Waals surface area contributed by atoms with Gasteiger partial charge < -0.3 is 19.7 Å². The maximum atomic E-state index is 12.6. The molecule has 0 bridgehead atoms. The molecule has 0 heterocycles. The minimum Gasteiger partial charge on any atom is -0.493 e. The van der Waals surface area contributed by atoms with E-state index in [1.807, 2.05) is 43.3 Å². The molecule has 0 atom stereocenters. The summed E-state index contributed by atoms with van der Waals surface area (Å²) in [7, 11) is 3.19. The number of rotatable bonds is 8. The van der Waals surface area contributed by atoms with Crippen LogP contribution in [-0.4, -0.2) is 33.2 Å². The van der Waals surface area contributed by atoms with Crippen molar-refractivity contribution in [2.24, 2.45) is 0 Å². The number of hydrogen-bond acceptors (Lipinski definition) is 4. The van der Waals surface area contributed by atoms with Crippen molar-refractivity contribution in [3.8, 4) is 11.5 Å². The molecule has 0 unspecified atom stereocenters. The van der Waals surface area contributed by atoms with Crippen molar-refractivity contribution in [1.29, 1.82) is 0 Å². The molecule has 1 amide bonds. The molecule has 0 aromatic heterocycles. The number of methoxy groups -OCH3 is 2. The lowest BCUT2D eigenvalue weighted by molar-refractivity contribution is -0.112. The Morgan fingerprint density at radius 1 is 1.04 bits per heavy atom. The van der Waals surface area contributed by atoms with E-state index in [0.717, 1.165) is 35.6 Å². The molecule has 1 N–H and O–H groups in total. The number of nitrogens with zero attached hydrogens (tertiary/aromatic N) is 1. The molecule has 0 fully saturated rings. The molecule has 5 nitrogen and oxygen atoms in total. The number of ether oxygens (including phenoxy) is 2. The van der Waals surface area contributed by atoms with Gasteiger partial charge in [0.1, 0.15) is 0 Å². The van der Waals surface area contributed by atoms with Crippen molar-refractivity contribution in [3.05, 3.63) is 53.1 Å². The molecule has 5 heteroatoms. The van der Waals surface area contributed by atoms with E-state index >= 15 is 0 Å². The number of carbonyl (C=O) groups is 1. The smallest absolute Gasteiger partial charge is 0.251 e. The van der Waals surface area contributed by atoms with E-state index < -0.39 is 0 Å². The highest BCUT2D eigenvalue weighted by Gasteiger charge is 2.10. The number of anilines is 2. The van der Waals surface area contributed by atoms with Crippen LogP contribution < -0.4 is 19.7 Å². The quantitative estimate of drug-likeness (QED) is 0.660. The predicted octanol–water partition coefficient (Wildman–Crippen LogP) is 4.90. The molecule has 28 heavy (non-hydrogen) atoms. The van der Waals surface area contributed by atoms with Crippen molar-refractivity contribution >= 4 is 23.4 Å². The van der Waals surface area contributed by atoms with Gasteiger partial charge in [-0.15, -0.1) is 0 Å². The molecule has 2 aromatic rings. The lowest BCUT2D eigenvalue weighted by Gasteiger charge is -2.22. The first kappa shape index (κ1) is 21.4. The van der Waals surface area contributed by atoms with Crippen LogP contribution in [0.15, 0.2) is 42.0 Å². The Kier molecular flexibility index (Phi) is 7.50. The van der Waals surface area contributed by atoms with Gasteiger partial charge in [0, 0.05) is 30.0 Å². The molecule has 0 aliphatic carbocycles. The zero-order chi connectivity index (χ0) is 20.7. The van der Waals surface area contributed by atoms with Crippen LogP contribution in [0.3, 0.4) is 0 Å². The zero-order valence-electron chi connectivity index (χ0n) is 17.6. The van der Waals surface area contributed by atoms with Crippen LogP contribution in [0.25, 0.3) is 6.08 Å². The van der Waals surface area contributed by atoms with Gasteiger partial charge in [-0.1, -0.05) is 6.07 Å². The Labute approximate surface area is 168 Å². The number of carbonyl (C=O) groups excluding carboxylic acids is 1. The van der Waals surface area contributed by atoms with E-state index in [-0.39, 0.29) is 5.91 Å². The van der Waals surface area contributed by atoms with Crippen LogP contribution in [0.5, 0.6) is 11.5 Å². The summed E-state index contributed by atoms with van der Waals surface area (Å²) in [5.74, 6) is 1.16. The maximum absolute atomic E-state index is 12.6. The standard InChI is InChI=1S/C23H30N2O3/c1-7-25(8-2)19-10-11-20(16(3)14-19)24-23(26)17(4)13-18-9-12-21(27-5)22(15-18)28-6/h9-15H,7-8H2,1-6H3,(H,24,26)/b17-13+. The van der Waals surface area contributed by atoms with E-state index in [4.69, 9.17) is 9.47 Å². The van der Waals surface area contributed by atoms with Gasteiger partial charge in [0.2, 0.25) is 0 Å². The summed E-state index contributed by atoms with van der Waals surface area (Å²) in [6, 6.07) is 11.7. The molecule has 0 saturated heterocycles. The minimum absolute atomic E-state index is 0.131. The van der Waals surface area contributed by atoms with Gasteiger partial charge in [-0.05, 0) is 75.2 Å². The van der Waals surface area contributed by atoms with E-state index in [9.17, 15) is 4.79 Å². The first-order valence-corrected chi connectivity index (χ1v) is 9.50. The number of aryl methyl sites for hydroxylation is 1. The molecule has 0 aliphatic heterocycles. The topological polar surface area (TPSA) is 50.8 Å². The third kappa shape index (κ3) is 5.06. The van der Waals surface area contributed by atoms with Crippen molar-refractivity contribution in [2.45, 2.75) is 27.7 Å². The van der Waals surface area contributed by atoms with Gasteiger partial charge in [0.15, 0.2) is 11.5 Å². The van der Waals surface area contributed by atoms with Crippen LogP contribution in [0, 0.1) is 6.92 Å². The normalized spacial score (nSPS) is 11.1. The Balaban J connectivity index is 2.17. The Morgan fingerprint density at radius 2 is 1.71 bits per heavy atom. The molecule has 2 rings (SSSR count). The number of nitrogens with one attached hydrogen (secondary N) is 1. The van der Waals surface area contributed by atoms with Crippen molar-refractivity contribution in [3.63, 3.8) is 0 Å². The fourth-order valence-electron chi connectivity index (χ4n) is 3.05. The summed E-state index contributed by atoms with van der Waals surface area (Å²) < 4.78 is 10.6. The van der Waals surface area contributed by atoms with Crippen molar-refractivity contribution in [2.75, 3.05) is 37.5 Å². The Morgan fingerprint density at radius 3 is 2.29 bits per heavy atom. The largest absolute Gasteiger partial charge is 0.493 e. The molecule has 150 valence electrons. The molecule has 2 aromatic carbocycles. The molecule has 0 saturated carbocycles. The van der Waals surface area contributed by atoms with Crippen LogP contribution in [0.4, 0.5) is 11.4 Å². The molecule has 0 aliphatic rings. The molecular formula is C23H30N2O3. The van der Waals surface area contributed by atoms with Crippen molar-refractivity contribution < 1.29 is 14.3 Å². The third-order valence-electron chi connectivity index (χ3n) is 4.74. The Hall–Kier alpha value is -2.95. The van der Waals surface area contributed by atoms with Crippen molar-refractivity contribution in [1.82, 2.24) is 0 Å². The molecular weight excluding hydrogens is 352 g/mol. The van der Waals surface area contributed by atoms with E-state index in [2.05, 4.69) is 30.1 Å². The average molecular weight is 383 g/mol. The fraction of sp³-hybridized carbons (Fsp3) is 0.348. The summed E-state index contributed by atoms with van der Waals surface area (Å²) in [5, 5.41) is 3.00. The van der Waals surface area contributed by atoms with Gasteiger partial charge in [0.05, 0.1) is 14.2 Å². The highest BCUT2D eigenvalue weighted by Crippen LogP contribution is 2.28. The molecule has 0 radical (unpaired) electrons. The minimum atomic E-state index is -0.131. The Bertz CT molecular complexity index is 855. The second kappa shape index (κ2) is 9.83. The maximum Gasteiger partial charge on any atom is 0.251 e. The number of hydrogen-bond donors (Lipinski definition) is 1. The van der Waals surface area contributed by atoms with Gasteiger partial charge in [0.25, 0.3) is 5.91 Å². The van der Waals surface area contributed by atoms with E-state index in [1.165, 1.54) is 0 Å². The first-order valence-electron chi connectivity index (χ1n) is 9.50. The fourth-order valence-corrected chi connectivity index (χ4v) is 3.05. The summed E-state index contributed by atoms with van der Waals surface area (Å²) in [5.41, 5.74) is 4.51. The first-order chi connectivity index (χ1) is 13.4. The van der Waals surface area contributed by atoms with Crippen LogP contribution in [0.2, 0.25) is 0 Å². The highest BCUT2D eigenvalue weighted by atomic mass is 16.5.